The number of nitrogens with zero attached hydrogens (tertiary/aromatic N) is 2. The van der Waals surface area contributed by atoms with E-state index in [0.29, 0.717) is 28.2 Å². The van der Waals surface area contributed by atoms with Crippen molar-refractivity contribution in [3.8, 4) is 0 Å². The van der Waals surface area contributed by atoms with Gasteiger partial charge in [0.2, 0.25) is 5.91 Å². The largest absolute Gasteiger partial charge is 0.333 e. The molecule has 5 nitrogen and oxygen atoms in total. The first kappa shape index (κ1) is 18.1. The first-order valence-electron chi connectivity index (χ1n) is 7.85. The van der Waals surface area contributed by atoms with Crippen LogP contribution in [0, 0.1) is 13.8 Å². The maximum absolute atomic E-state index is 12.9. The summed E-state index contributed by atoms with van der Waals surface area (Å²) < 4.78 is 26.4. The summed E-state index contributed by atoms with van der Waals surface area (Å²) in [5, 5.41) is 9.88. The second-order valence-corrected chi connectivity index (χ2v) is 5.53. The molecular formula is C17H22F2N4O. The number of anilines is 1. The molecule has 0 aliphatic carbocycles. The fraction of sp³-hybridized carbons (Fsp3) is 0.412. The van der Waals surface area contributed by atoms with Gasteiger partial charge in [-0.15, -0.1) is 0 Å². The number of hydrogen-bond donors (Lipinski definition) is 2. The van der Waals surface area contributed by atoms with Crippen LogP contribution in [-0.2, 0) is 17.8 Å². The van der Waals surface area contributed by atoms with Crippen molar-refractivity contribution in [2.75, 3.05) is 11.9 Å². The Morgan fingerprint density at radius 1 is 1.29 bits per heavy atom. The molecule has 1 aromatic heterocycles. The molecule has 24 heavy (non-hydrogen) atoms. The predicted molar refractivity (Wildman–Crippen MR) is 89.1 cm³/mol. The molecule has 2 aromatic rings. The molecule has 7 heteroatoms. The van der Waals surface area contributed by atoms with Crippen LogP contribution in [0.25, 0.3) is 0 Å². The normalized spacial score (nSPS) is 11.1. The zero-order chi connectivity index (χ0) is 17.7. The number of hydrogen-bond acceptors (Lipinski definition) is 3. The topological polar surface area (TPSA) is 58.9 Å². The van der Waals surface area contributed by atoms with Gasteiger partial charge in [0.25, 0.3) is 0 Å². The van der Waals surface area contributed by atoms with Crippen molar-refractivity contribution in [2.24, 2.45) is 0 Å². The number of nitrogens with one attached hydrogen (secondary N) is 2. The molecule has 0 spiro atoms. The standard InChI is InChI=1S/C17H22F2N4O/c1-4-20-10-13-7-5-6-8-15(13)21-16(24)9-14-11(2)22-23(12(14)3)17(18)19/h5-8,17,20H,4,9-10H2,1-3H3,(H,21,24). The van der Waals surface area contributed by atoms with E-state index in [0.717, 1.165) is 17.8 Å². The Morgan fingerprint density at radius 2 is 2.00 bits per heavy atom. The molecule has 2 N–H and O–H groups in total. The highest BCUT2D eigenvalue weighted by atomic mass is 19.3. The van der Waals surface area contributed by atoms with Gasteiger partial charge < -0.3 is 10.6 Å². The summed E-state index contributed by atoms with van der Waals surface area (Å²) >= 11 is 0. The van der Waals surface area contributed by atoms with Gasteiger partial charge in [0.1, 0.15) is 0 Å². The lowest BCUT2D eigenvalue weighted by molar-refractivity contribution is -0.115. The molecule has 1 amide bonds. The minimum absolute atomic E-state index is 0.0138. The molecule has 2 rings (SSSR count). The quantitative estimate of drug-likeness (QED) is 0.816. The van der Waals surface area contributed by atoms with E-state index in [2.05, 4.69) is 15.7 Å². The molecule has 1 heterocycles. The van der Waals surface area contributed by atoms with Crippen molar-refractivity contribution in [2.45, 2.75) is 40.3 Å². The lowest BCUT2D eigenvalue weighted by Gasteiger charge is -2.11. The van der Waals surface area contributed by atoms with E-state index in [-0.39, 0.29) is 12.3 Å². The summed E-state index contributed by atoms with van der Waals surface area (Å²) in [5.41, 5.74) is 3.00. The SMILES string of the molecule is CCNCc1ccccc1NC(=O)Cc1c(C)nn(C(F)F)c1C. The Balaban J connectivity index is 2.12. The number of alkyl halides is 2. The van der Waals surface area contributed by atoms with Gasteiger partial charge in [-0.05, 0) is 32.0 Å². The van der Waals surface area contributed by atoms with Crippen LogP contribution in [-0.4, -0.2) is 22.2 Å². The van der Waals surface area contributed by atoms with E-state index in [1.54, 1.807) is 13.8 Å². The van der Waals surface area contributed by atoms with Crippen LogP contribution in [0.2, 0.25) is 0 Å². The van der Waals surface area contributed by atoms with Gasteiger partial charge in [0.15, 0.2) is 0 Å². The summed E-state index contributed by atoms with van der Waals surface area (Å²) in [6.07, 6.45) is 0.0138. The molecule has 0 aliphatic rings. The molecule has 130 valence electrons. The number of aryl methyl sites for hydroxylation is 1. The van der Waals surface area contributed by atoms with E-state index in [4.69, 9.17) is 0 Å². The summed E-state index contributed by atoms with van der Waals surface area (Å²) in [5.74, 6) is -0.251. The maximum Gasteiger partial charge on any atom is 0.333 e. The van der Waals surface area contributed by atoms with Crippen molar-refractivity contribution in [3.63, 3.8) is 0 Å². The fourth-order valence-corrected chi connectivity index (χ4v) is 2.55. The zero-order valence-electron chi connectivity index (χ0n) is 14.1. The minimum atomic E-state index is -2.71. The first-order valence-corrected chi connectivity index (χ1v) is 7.85. The maximum atomic E-state index is 12.9. The van der Waals surface area contributed by atoms with Crippen LogP contribution >= 0.6 is 0 Å². The minimum Gasteiger partial charge on any atom is -0.325 e. The van der Waals surface area contributed by atoms with Gasteiger partial charge in [-0.2, -0.15) is 13.9 Å². The van der Waals surface area contributed by atoms with Crippen molar-refractivity contribution in [1.29, 1.82) is 0 Å². The van der Waals surface area contributed by atoms with Crippen molar-refractivity contribution >= 4 is 11.6 Å². The Kier molecular flexibility index (Phi) is 6.03. The number of halogens is 2. The summed E-state index contributed by atoms with van der Waals surface area (Å²) in [7, 11) is 0. The van der Waals surface area contributed by atoms with Crippen LogP contribution in [0.4, 0.5) is 14.5 Å². The molecule has 0 unspecified atom stereocenters. The Morgan fingerprint density at radius 3 is 2.62 bits per heavy atom. The van der Waals surface area contributed by atoms with Crippen LogP contribution in [0.15, 0.2) is 24.3 Å². The number of carbonyl (C=O) groups is 1. The highest BCUT2D eigenvalue weighted by Gasteiger charge is 2.19. The van der Waals surface area contributed by atoms with Gasteiger partial charge in [0, 0.05) is 23.5 Å². The third kappa shape index (κ3) is 4.17. The number of benzene rings is 1. The zero-order valence-corrected chi connectivity index (χ0v) is 14.1. The van der Waals surface area contributed by atoms with E-state index in [9.17, 15) is 13.6 Å². The molecule has 0 aliphatic heterocycles. The van der Waals surface area contributed by atoms with E-state index in [1.807, 2.05) is 31.2 Å². The second kappa shape index (κ2) is 8.01. The van der Waals surface area contributed by atoms with E-state index < -0.39 is 6.55 Å². The average molecular weight is 336 g/mol. The molecule has 0 bridgehead atoms. The van der Waals surface area contributed by atoms with Gasteiger partial charge in [-0.25, -0.2) is 4.68 Å². The smallest absolute Gasteiger partial charge is 0.325 e. The third-order valence-electron chi connectivity index (χ3n) is 3.85. The van der Waals surface area contributed by atoms with E-state index >= 15 is 0 Å². The highest BCUT2D eigenvalue weighted by molar-refractivity contribution is 5.93. The summed E-state index contributed by atoms with van der Waals surface area (Å²) in [6, 6.07) is 7.51. The van der Waals surface area contributed by atoms with Gasteiger partial charge in [0.05, 0.1) is 12.1 Å². The molecule has 0 atom stereocenters. The van der Waals surface area contributed by atoms with Gasteiger partial charge >= 0.3 is 6.55 Å². The highest BCUT2D eigenvalue weighted by Crippen LogP contribution is 2.21. The molecule has 0 radical (unpaired) electrons. The monoisotopic (exact) mass is 336 g/mol. The van der Waals surface area contributed by atoms with Crippen LogP contribution in [0.3, 0.4) is 0 Å². The third-order valence-corrected chi connectivity index (χ3v) is 3.85. The Hall–Kier alpha value is -2.28. The Bertz CT molecular complexity index is 713. The lowest BCUT2D eigenvalue weighted by Crippen LogP contribution is -2.19. The molecule has 1 aromatic carbocycles. The van der Waals surface area contributed by atoms with E-state index in [1.165, 1.54) is 0 Å². The molecule has 0 fully saturated rings. The number of para-hydroxylation sites is 1. The Labute approximate surface area is 140 Å². The van der Waals surface area contributed by atoms with Crippen LogP contribution in [0.5, 0.6) is 0 Å². The lowest BCUT2D eigenvalue weighted by atomic mass is 10.1. The molecule has 0 saturated heterocycles. The van der Waals surface area contributed by atoms with Crippen molar-refractivity contribution in [3.05, 3.63) is 46.8 Å². The van der Waals surface area contributed by atoms with Crippen LogP contribution in [0.1, 0.15) is 36.0 Å². The first-order chi connectivity index (χ1) is 11.4. The number of aromatic nitrogens is 2. The summed E-state index contributed by atoms with van der Waals surface area (Å²) in [6.45, 7) is 3.96. The second-order valence-electron chi connectivity index (χ2n) is 5.53. The molecular weight excluding hydrogens is 314 g/mol. The van der Waals surface area contributed by atoms with Crippen LogP contribution < -0.4 is 10.6 Å². The predicted octanol–water partition coefficient (Wildman–Crippen LogP) is 3.19. The van der Waals surface area contributed by atoms with Gasteiger partial charge in [-0.1, -0.05) is 25.1 Å². The fourth-order valence-electron chi connectivity index (χ4n) is 2.55. The van der Waals surface area contributed by atoms with Crippen molar-refractivity contribution < 1.29 is 13.6 Å². The number of rotatable bonds is 7. The average Bonchev–Trinajstić information content (AvgIpc) is 2.82. The van der Waals surface area contributed by atoms with Gasteiger partial charge in [-0.3, -0.25) is 4.79 Å². The van der Waals surface area contributed by atoms with Crippen molar-refractivity contribution in [1.82, 2.24) is 15.1 Å². The number of amides is 1. The summed E-state index contributed by atoms with van der Waals surface area (Å²) in [4.78, 5) is 12.3. The molecule has 0 saturated carbocycles. The number of carbonyl (C=O) groups excluding carboxylic acids is 1.